The van der Waals surface area contributed by atoms with Crippen LogP contribution in [0.25, 0.3) is 0 Å². The van der Waals surface area contributed by atoms with Gasteiger partial charge in [-0.15, -0.1) is 5.10 Å². The first-order valence-corrected chi connectivity index (χ1v) is 9.42. The fourth-order valence-electron chi connectivity index (χ4n) is 3.51. The minimum atomic E-state index is -0.117. The van der Waals surface area contributed by atoms with E-state index in [0.717, 1.165) is 25.9 Å². The van der Waals surface area contributed by atoms with Crippen molar-refractivity contribution in [1.82, 2.24) is 29.9 Å². The number of carbonyl (C=O) groups is 2. The Kier molecular flexibility index (Phi) is 5.19. The van der Waals surface area contributed by atoms with Crippen LogP contribution >= 0.6 is 11.8 Å². The van der Waals surface area contributed by atoms with Gasteiger partial charge in [0.2, 0.25) is 22.9 Å². The fraction of sp³-hybridized carbons (Fsp3) is 0.733. The average Bonchev–Trinajstić information content (AvgIpc) is 2.96. The number of nitrogen functional groups attached to an aromatic ring is 1. The first kappa shape index (κ1) is 18.0. The molecule has 0 saturated carbocycles. The highest BCUT2D eigenvalue weighted by molar-refractivity contribution is 7.99. The lowest BCUT2D eigenvalue weighted by atomic mass is 9.86. The number of thioether (sulfide) groups is 1. The fourth-order valence-corrected chi connectivity index (χ4v) is 4.22. The Labute approximate surface area is 151 Å². The van der Waals surface area contributed by atoms with Crippen LogP contribution in [0.1, 0.15) is 19.3 Å². The van der Waals surface area contributed by atoms with Gasteiger partial charge >= 0.3 is 0 Å². The zero-order valence-corrected chi connectivity index (χ0v) is 15.5. The van der Waals surface area contributed by atoms with Gasteiger partial charge in [-0.1, -0.05) is 11.8 Å². The van der Waals surface area contributed by atoms with Crippen molar-refractivity contribution in [3.63, 3.8) is 0 Å². The van der Waals surface area contributed by atoms with Crippen LogP contribution in [0.5, 0.6) is 0 Å². The highest BCUT2D eigenvalue weighted by atomic mass is 32.2. The molecule has 10 heteroatoms. The molecular weight excluding hydrogens is 342 g/mol. The van der Waals surface area contributed by atoms with Gasteiger partial charge in [-0.3, -0.25) is 14.5 Å². The molecule has 3 rings (SSSR count). The molecule has 1 aromatic rings. The lowest BCUT2D eigenvalue weighted by Crippen LogP contribution is -2.62. The van der Waals surface area contributed by atoms with Gasteiger partial charge in [0, 0.05) is 45.2 Å². The molecule has 2 fully saturated rings. The number of hydrogen-bond donors (Lipinski definition) is 2. The van der Waals surface area contributed by atoms with Crippen molar-refractivity contribution in [1.29, 1.82) is 0 Å². The summed E-state index contributed by atoms with van der Waals surface area (Å²) in [5.74, 6) is 0.799. The zero-order valence-electron chi connectivity index (χ0n) is 14.7. The van der Waals surface area contributed by atoms with Gasteiger partial charge in [-0.2, -0.15) is 4.98 Å². The second-order valence-corrected chi connectivity index (χ2v) is 7.76. The number of likely N-dealkylation sites (tertiary alicyclic amines) is 1. The third kappa shape index (κ3) is 3.90. The lowest BCUT2D eigenvalue weighted by molar-refractivity contribution is -0.134. The molecule has 1 atom stereocenters. The molecule has 0 radical (unpaired) electrons. The van der Waals surface area contributed by atoms with Crippen LogP contribution in [0.2, 0.25) is 0 Å². The predicted molar refractivity (Wildman–Crippen MR) is 94.9 cm³/mol. The van der Waals surface area contributed by atoms with Gasteiger partial charge in [-0.25, -0.2) is 5.10 Å². The van der Waals surface area contributed by atoms with E-state index in [2.05, 4.69) is 27.1 Å². The minimum absolute atomic E-state index is 0.0739. The quantitative estimate of drug-likeness (QED) is 0.701. The highest BCUT2D eigenvalue weighted by Crippen LogP contribution is 2.32. The molecule has 0 aromatic carbocycles. The second kappa shape index (κ2) is 7.20. The average molecular weight is 367 g/mol. The molecule has 0 unspecified atom stereocenters. The smallest absolute Gasteiger partial charge is 0.233 e. The summed E-state index contributed by atoms with van der Waals surface area (Å²) >= 11 is 1.28. The maximum atomic E-state index is 12.6. The summed E-state index contributed by atoms with van der Waals surface area (Å²) in [5, 5.41) is 6.99. The maximum absolute atomic E-state index is 12.6. The first-order valence-electron chi connectivity index (χ1n) is 8.43. The maximum Gasteiger partial charge on any atom is 0.233 e. The van der Waals surface area contributed by atoms with E-state index in [0.29, 0.717) is 24.7 Å². The molecule has 0 aliphatic carbocycles. The SMILES string of the molecule is CN1CC[C@@]2(CCC1=O)CN(C(=O)CSc1n[nH]c(N)n1)CCN2C. The monoisotopic (exact) mass is 367 g/mol. The summed E-state index contributed by atoms with van der Waals surface area (Å²) in [6, 6.07) is 0. The number of H-pyrrole nitrogens is 1. The molecule has 1 spiro atoms. The summed E-state index contributed by atoms with van der Waals surface area (Å²) in [5.41, 5.74) is 5.38. The number of rotatable bonds is 3. The van der Waals surface area contributed by atoms with Crippen molar-refractivity contribution in [2.24, 2.45) is 0 Å². The topological polar surface area (TPSA) is 111 Å². The summed E-state index contributed by atoms with van der Waals surface area (Å²) in [6.07, 6.45) is 2.22. The molecule has 3 heterocycles. The van der Waals surface area contributed by atoms with Crippen molar-refractivity contribution in [2.45, 2.75) is 30.0 Å². The van der Waals surface area contributed by atoms with Gasteiger partial charge < -0.3 is 15.5 Å². The van der Waals surface area contributed by atoms with E-state index >= 15 is 0 Å². The van der Waals surface area contributed by atoms with Gasteiger partial charge in [0.1, 0.15) is 0 Å². The molecule has 25 heavy (non-hydrogen) atoms. The Hall–Kier alpha value is -1.81. The number of nitrogens with zero attached hydrogens (tertiary/aromatic N) is 5. The van der Waals surface area contributed by atoms with Crippen molar-refractivity contribution >= 4 is 29.5 Å². The molecule has 0 bridgehead atoms. The normalized spacial score (nSPS) is 25.4. The minimum Gasteiger partial charge on any atom is -0.368 e. The first-order chi connectivity index (χ1) is 11.9. The third-order valence-corrected chi connectivity index (χ3v) is 6.13. The lowest BCUT2D eigenvalue weighted by Gasteiger charge is -2.49. The molecule has 2 aliphatic rings. The van der Waals surface area contributed by atoms with Crippen molar-refractivity contribution < 1.29 is 9.59 Å². The molecule has 2 saturated heterocycles. The number of aromatic amines is 1. The Bertz CT molecular complexity index is 652. The van der Waals surface area contributed by atoms with Gasteiger partial charge in [-0.05, 0) is 19.9 Å². The van der Waals surface area contributed by atoms with Crippen LogP contribution in [0.3, 0.4) is 0 Å². The van der Waals surface area contributed by atoms with E-state index in [9.17, 15) is 9.59 Å². The van der Waals surface area contributed by atoms with E-state index in [1.165, 1.54) is 11.8 Å². The number of aromatic nitrogens is 3. The van der Waals surface area contributed by atoms with Gasteiger partial charge in [0.05, 0.1) is 5.75 Å². The standard InChI is InChI=1S/C15H25N7O2S/c1-20-6-5-15(4-3-11(20)23)10-22(8-7-21(15)2)12(24)9-25-14-17-13(16)18-19-14/h3-10H2,1-2H3,(H3,16,17,18,19)/t15-/m0/s1. The highest BCUT2D eigenvalue weighted by Gasteiger charge is 2.42. The Morgan fingerprint density at radius 1 is 1.32 bits per heavy atom. The van der Waals surface area contributed by atoms with E-state index < -0.39 is 0 Å². The Morgan fingerprint density at radius 3 is 2.84 bits per heavy atom. The van der Waals surface area contributed by atoms with E-state index in [1.54, 1.807) is 4.90 Å². The van der Waals surface area contributed by atoms with Crippen LogP contribution in [-0.4, -0.2) is 93.3 Å². The van der Waals surface area contributed by atoms with Crippen LogP contribution in [0.15, 0.2) is 5.16 Å². The van der Waals surface area contributed by atoms with Crippen molar-refractivity contribution in [3.8, 4) is 0 Å². The number of carbonyl (C=O) groups excluding carboxylic acids is 2. The molecule has 3 N–H and O–H groups in total. The van der Waals surface area contributed by atoms with Crippen LogP contribution in [0, 0.1) is 0 Å². The summed E-state index contributed by atoms with van der Waals surface area (Å²) in [7, 11) is 3.95. The number of nitrogens with two attached hydrogens (primary N) is 1. The summed E-state index contributed by atoms with van der Waals surface area (Å²) in [4.78, 5) is 34.7. The number of anilines is 1. The van der Waals surface area contributed by atoms with E-state index in [1.807, 2.05) is 11.9 Å². The van der Waals surface area contributed by atoms with Crippen LogP contribution in [-0.2, 0) is 9.59 Å². The number of piperazine rings is 1. The molecule has 2 amide bonds. The van der Waals surface area contributed by atoms with E-state index in [-0.39, 0.29) is 29.1 Å². The predicted octanol–water partition coefficient (Wildman–Crippen LogP) is -0.366. The summed E-state index contributed by atoms with van der Waals surface area (Å²) < 4.78 is 0. The van der Waals surface area contributed by atoms with Gasteiger partial charge in [0.25, 0.3) is 0 Å². The largest absolute Gasteiger partial charge is 0.368 e. The molecule has 138 valence electrons. The molecule has 1 aromatic heterocycles. The van der Waals surface area contributed by atoms with Crippen LogP contribution in [0.4, 0.5) is 5.95 Å². The Balaban J connectivity index is 1.63. The second-order valence-electron chi connectivity index (χ2n) is 6.82. The summed E-state index contributed by atoms with van der Waals surface area (Å²) in [6.45, 7) is 2.93. The van der Waals surface area contributed by atoms with Crippen LogP contribution < -0.4 is 5.73 Å². The van der Waals surface area contributed by atoms with E-state index in [4.69, 9.17) is 5.73 Å². The molecular formula is C15H25N7O2S. The third-order valence-electron chi connectivity index (χ3n) is 5.30. The molecule has 9 nitrogen and oxygen atoms in total. The number of hydrogen-bond acceptors (Lipinski definition) is 7. The van der Waals surface area contributed by atoms with Crippen molar-refractivity contribution in [2.75, 3.05) is 51.8 Å². The number of nitrogens with one attached hydrogen (secondary N) is 1. The zero-order chi connectivity index (χ0) is 18.0. The Morgan fingerprint density at radius 2 is 2.12 bits per heavy atom. The van der Waals surface area contributed by atoms with Crippen molar-refractivity contribution in [3.05, 3.63) is 0 Å². The number of likely N-dealkylation sites (N-methyl/N-ethyl adjacent to an activating group) is 1. The number of amides is 2. The van der Waals surface area contributed by atoms with Gasteiger partial charge in [0.15, 0.2) is 0 Å². The molecule has 2 aliphatic heterocycles.